The summed E-state index contributed by atoms with van der Waals surface area (Å²) in [6.45, 7) is 8.07. The first-order chi connectivity index (χ1) is 10.3. The number of hydrogen-bond donors (Lipinski definition) is 0. The number of carbonyl (C=O) groups is 2. The molecule has 1 amide bonds. The van der Waals surface area contributed by atoms with Gasteiger partial charge >= 0.3 is 25.0 Å². The first-order valence-electron chi connectivity index (χ1n) is 7.30. The van der Waals surface area contributed by atoms with Gasteiger partial charge in [-0.05, 0) is 38.5 Å². The summed E-state index contributed by atoms with van der Waals surface area (Å²) in [4.78, 5) is 26.5. The molecule has 1 aliphatic heterocycles. The number of piperazine rings is 1. The van der Waals surface area contributed by atoms with Gasteiger partial charge in [0.15, 0.2) is 0 Å². The molecule has 0 N–H and O–H groups in total. The van der Waals surface area contributed by atoms with Gasteiger partial charge in [-0.2, -0.15) is 0 Å². The minimum atomic E-state index is -1.18. The first-order valence-corrected chi connectivity index (χ1v) is 7.30. The fourth-order valence-corrected chi connectivity index (χ4v) is 2.28. The molecule has 1 aromatic rings. The van der Waals surface area contributed by atoms with Crippen LogP contribution in [0, 0.1) is 0 Å². The maximum Gasteiger partial charge on any atom is 1.00 e. The summed E-state index contributed by atoms with van der Waals surface area (Å²) in [6.07, 6.45) is -0.292. The van der Waals surface area contributed by atoms with E-state index in [9.17, 15) is 14.7 Å². The predicted molar refractivity (Wildman–Crippen MR) is 80.8 cm³/mol. The molecule has 1 aliphatic rings. The maximum absolute atomic E-state index is 12.0. The van der Waals surface area contributed by atoms with Crippen LogP contribution < -0.4 is 28.9 Å². The number of amides is 1. The molecular formula is C16H21LiN2O4. The Morgan fingerprint density at radius 2 is 1.57 bits per heavy atom. The predicted octanol–water partition coefficient (Wildman–Crippen LogP) is -1.89. The molecule has 1 aromatic carbocycles. The molecule has 0 bridgehead atoms. The first kappa shape index (κ1) is 19.4. The van der Waals surface area contributed by atoms with Gasteiger partial charge in [0.25, 0.3) is 0 Å². The third kappa shape index (κ3) is 5.49. The molecule has 1 fully saturated rings. The van der Waals surface area contributed by atoms with E-state index in [0.29, 0.717) is 26.2 Å². The number of carbonyl (C=O) groups excluding carboxylic acids is 2. The van der Waals surface area contributed by atoms with Gasteiger partial charge < -0.3 is 24.4 Å². The Hall–Kier alpha value is -1.64. The Bertz CT molecular complexity index is 546. The average molecular weight is 312 g/mol. The number of aromatic carboxylic acids is 1. The molecular weight excluding hydrogens is 291 g/mol. The van der Waals surface area contributed by atoms with Crippen molar-refractivity contribution in [1.29, 1.82) is 0 Å². The third-order valence-corrected chi connectivity index (χ3v) is 3.40. The van der Waals surface area contributed by atoms with Crippen LogP contribution in [0.25, 0.3) is 0 Å². The van der Waals surface area contributed by atoms with Crippen molar-refractivity contribution < 1.29 is 38.3 Å². The van der Waals surface area contributed by atoms with Crippen molar-refractivity contribution in [2.24, 2.45) is 0 Å². The number of ether oxygens (including phenoxy) is 1. The van der Waals surface area contributed by atoms with Crippen LogP contribution in [0.1, 0.15) is 31.1 Å². The molecule has 1 heterocycles. The van der Waals surface area contributed by atoms with Crippen LogP contribution in [0.5, 0.6) is 0 Å². The molecule has 0 radical (unpaired) electrons. The number of anilines is 1. The Balaban J connectivity index is 0.00000264. The van der Waals surface area contributed by atoms with Gasteiger partial charge in [-0.1, -0.05) is 12.1 Å². The van der Waals surface area contributed by atoms with E-state index in [1.807, 2.05) is 20.8 Å². The zero-order chi connectivity index (χ0) is 16.3. The van der Waals surface area contributed by atoms with Gasteiger partial charge in [0.2, 0.25) is 0 Å². The quantitative estimate of drug-likeness (QED) is 0.597. The maximum atomic E-state index is 12.0. The second kappa shape index (κ2) is 7.76. The fourth-order valence-electron chi connectivity index (χ4n) is 2.28. The second-order valence-corrected chi connectivity index (χ2v) is 6.29. The molecule has 6 nitrogen and oxygen atoms in total. The molecule has 2 rings (SSSR count). The largest absolute Gasteiger partial charge is 1.00 e. The molecule has 120 valence electrons. The molecule has 0 aliphatic carbocycles. The number of hydrogen-bond acceptors (Lipinski definition) is 5. The van der Waals surface area contributed by atoms with Crippen molar-refractivity contribution in [2.75, 3.05) is 31.1 Å². The van der Waals surface area contributed by atoms with Crippen LogP contribution in [0.15, 0.2) is 24.3 Å². The van der Waals surface area contributed by atoms with E-state index in [4.69, 9.17) is 4.74 Å². The summed E-state index contributed by atoms with van der Waals surface area (Å²) in [5.74, 6) is -1.18. The number of benzene rings is 1. The smallest absolute Gasteiger partial charge is 0.545 e. The number of rotatable bonds is 2. The molecule has 0 unspecified atom stereocenters. The van der Waals surface area contributed by atoms with Gasteiger partial charge in [-0.15, -0.1) is 0 Å². The van der Waals surface area contributed by atoms with E-state index in [-0.39, 0.29) is 30.5 Å². The molecule has 0 atom stereocenters. The van der Waals surface area contributed by atoms with Crippen LogP contribution in [-0.4, -0.2) is 48.7 Å². The Labute approximate surface area is 148 Å². The van der Waals surface area contributed by atoms with Gasteiger partial charge in [0, 0.05) is 31.9 Å². The standard InChI is InChI=1S/C16H22N2O4.Li/c1-16(2,3)22-15(21)18-10-8-17(9-11-18)13-6-4-12(5-7-13)14(19)20;/h4-7H,8-11H2,1-3H3,(H,19,20);/q;+1/p-1. The molecule has 0 saturated carbocycles. The van der Waals surface area contributed by atoms with Gasteiger partial charge in [0.05, 0.1) is 5.97 Å². The van der Waals surface area contributed by atoms with E-state index >= 15 is 0 Å². The van der Waals surface area contributed by atoms with Gasteiger partial charge in [0.1, 0.15) is 5.60 Å². The molecule has 7 heteroatoms. The van der Waals surface area contributed by atoms with E-state index in [1.165, 1.54) is 12.1 Å². The summed E-state index contributed by atoms with van der Waals surface area (Å²) in [5, 5.41) is 10.7. The Morgan fingerprint density at radius 1 is 1.04 bits per heavy atom. The summed E-state index contributed by atoms with van der Waals surface area (Å²) in [6, 6.07) is 6.58. The topological polar surface area (TPSA) is 72.9 Å². The van der Waals surface area contributed by atoms with Crippen LogP contribution in [0.2, 0.25) is 0 Å². The average Bonchev–Trinajstić information content (AvgIpc) is 2.46. The van der Waals surface area contributed by atoms with E-state index in [1.54, 1.807) is 17.0 Å². The Morgan fingerprint density at radius 3 is 2.00 bits per heavy atom. The molecule has 0 aromatic heterocycles. The van der Waals surface area contributed by atoms with Crippen LogP contribution >= 0.6 is 0 Å². The second-order valence-electron chi connectivity index (χ2n) is 6.29. The Kier molecular flexibility index (Phi) is 6.54. The zero-order valence-electron chi connectivity index (χ0n) is 14.2. The van der Waals surface area contributed by atoms with Crippen LogP contribution in [-0.2, 0) is 4.74 Å². The minimum absolute atomic E-state index is 0. The van der Waals surface area contributed by atoms with Gasteiger partial charge in [-0.3, -0.25) is 0 Å². The molecule has 0 spiro atoms. The number of carboxylic acids is 1. The number of nitrogens with zero attached hydrogens (tertiary/aromatic N) is 2. The molecule has 1 saturated heterocycles. The van der Waals surface area contributed by atoms with E-state index in [2.05, 4.69) is 4.90 Å². The van der Waals surface area contributed by atoms with Crippen molar-refractivity contribution in [3.05, 3.63) is 29.8 Å². The van der Waals surface area contributed by atoms with Crippen molar-refractivity contribution in [3.63, 3.8) is 0 Å². The third-order valence-electron chi connectivity index (χ3n) is 3.40. The summed E-state index contributed by atoms with van der Waals surface area (Å²) < 4.78 is 5.36. The monoisotopic (exact) mass is 312 g/mol. The molecule has 23 heavy (non-hydrogen) atoms. The van der Waals surface area contributed by atoms with Crippen molar-refractivity contribution in [2.45, 2.75) is 26.4 Å². The van der Waals surface area contributed by atoms with Crippen molar-refractivity contribution in [3.8, 4) is 0 Å². The van der Waals surface area contributed by atoms with Crippen LogP contribution in [0.3, 0.4) is 0 Å². The van der Waals surface area contributed by atoms with E-state index in [0.717, 1.165) is 5.69 Å². The minimum Gasteiger partial charge on any atom is -0.545 e. The summed E-state index contributed by atoms with van der Waals surface area (Å²) in [7, 11) is 0. The van der Waals surface area contributed by atoms with Crippen LogP contribution in [0.4, 0.5) is 10.5 Å². The SMILES string of the molecule is CC(C)(C)OC(=O)N1CCN(c2ccc(C(=O)[O-])cc2)CC1.[Li+]. The zero-order valence-corrected chi connectivity index (χ0v) is 14.2. The summed E-state index contributed by atoms with van der Waals surface area (Å²) in [5.41, 5.74) is 0.611. The normalized spacial score (nSPS) is 14.9. The van der Waals surface area contributed by atoms with Crippen molar-refractivity contribution in [1.82, 2.24) is 4.90 Å². The van der Waals surface area contributed by atoms with Gasteiger partial charge in [-0.25, -0.2) is 4.79 Å². The van der Waals surface area contributed by atoms with E-state index < -0.39 is 11.6 Å². The summed E-state index contributed by atoms with van der Waals surface area (Å²) >= 11 is 0. The fraction of sp³-hybridized carbons (Fsp3) is 0.500. The number of carboxylic acid groups (broad SMARTS) is 1. The van der Waals surface area contributed by atoms with Crippen molar-refractivity contribution >= 4 is 17.7 Å².